The van der Waals surface area contributed by atoms with Crippen molar-refractivity contribution >= 4 is 22.5 Å². The molecule has 2 aromatic carbocycles. The minimum Gasteiger partial charge on any atom is -0.334 e. The Balaban J connectivity index is 1.71. The van der Waals surface area contributed by atoms with Gasteiger partial charge >= 0.3 is 18.4 Å². The van der Waals surface area contributed by atoms with E-state index in [-0.39, 0.29) is 17.6 Å². The van der Waals surface area contributed by atoms with E-state index in [0.717, 1.165) is 24.4 Å². The number of rotatable bonds is 3. The zero-order chi connectivity index (χ0) is 21.2. The standard InChI is InChI=1S/C19H13F6N3O/c20-18(21,22)13-6-4-11(5-7-13)9-27-17(29)28-15-3-1-2-12-10-26-16(8-14(12)15)19(23,24)25/h1-8,10H,9H2,(H2,27,28,29). The zero-order valence-corrected chi connectivity index (χ0v) is 14.5. The summed E-state index contributed by atoms with van der Waals surface area (Å²) in [5, 5.41) is 5.44. The number of hydrogen-bond acceptors (Lipinski definition) is 2. The van der Waals surface area contributed by atoms with Crippen LogP contribution in [0.1, 0.15) is 16.8 Å². The lowest BCUT2D eigenvalue weighted by molar-refractivity contribution is -0.141. The van der Waals surface area contributed by atoms with Crippen molar-refractivity contribution in [1.29, 1.82) is 0 Å². The highest BCUT2D eigenvalue weighted by atomic mass is 19.4. The molecule has 2 amide bonds. The summed E-state index contributed by atoms with van der Waals surface area (Å²) in [4.78, 5) is 15.5. The summed E-state index contributed by atoms with van der Waals surface area (Å²) in [7, 11) is 0. The lowest BCUT2D eigenvalue weighted by Crippen LogP contribution is -2.28. The fourth-order valence-electron chi connectivity index (χ4n) is 2.59. The predicted octanol–water partition coefficient (Wildman–Crippen LogP) is 5.59. The van der Waals surface area contributed by atoms with E-state index in [9.17, 15) is 31.1 Å². The van der Waals surface area contributed by atoms with Gasteiger partial charge < -0.3 is 10.6 Å². The van der Waals surface area contributed by atoms with Gasteiger partial charge in [0.15, 0.2) is 0 Å². The van der Waals surface area contributed by atoms with Gasteiger partial charge in [0, 0.05) is 23.5 Å². The number of alkyl halides is 6. The SMILES string of the molecule is O=C(NCc1ccc(C(F)(F)F)cc1)Nc1cccc2cnc(C(F)(F)F)cc12. The van der Waals surface area contributed by atoms with Crippen LogP contribution in [0.2, 0.25) is 0 Å². The lowest BCUT2D eigenvalue weighted by atomic mass is 10.1. The second kappa shape index (κ2) is 7.61. The second-order valence-electron chi connectivity index (χ2n) is 6.10. The number of fused-ring (bicyclic) bond motifs is 1. The van der Waals surface area contributed by atoms with Crippen LogP contribution in [0.4, 0.5) is 36.8 Å². The molecule has 3 rings (SSSR count). The van der Waals surface area contributed by atoms with Crippen LogP contribution in [0.5, 0.6) is 0 Å². The molecule has 0 saturated heterocycles. The van der Waals surface area contributed by atoms with Crippen molar-refractivity contribution in [3.8, 4) is 0 Å². The lowest BCUT2D eigenvalue weighted by Gasteiger charge is -2.12. The monoisotopic (exact) mass is 413 g/mol. The molecule has 0 bridgehead atoms. The first-order chi connectivity index (χ1) is 13.5. The van der Waals surface area contributed by atoms with Crippen molar-refractivity contribution in [1.82, 2.24) is 10.3 Å². The summed E-state index contributed by atoms with van der Waals surface area (Å²) in [5.74, 6) is 0. The van der Waals surface area contributed by atoms with Gasteiger partial charge in [-0.05, 0) is 29.8 Å². The number of anilines is 1. The number of halogens is 6. The molecule has 0 saturated carbocycles. The van der Waals surface area contributed by atoms with Gasteiger partial charge in [-0.15, -0.1) is 0 Å². The quantitative estimate of drug-likeness (QED) is 0.550. The van der Waals surface area contributed by atoms with Crippen LogP contribution in [-0.2, 0) is 18.9 Å². The van der Waals surface area contributed by atoms with Crippen LogP contribution in [0.15, 0.2) is 54.7 Å². The summed E-state index contributed by atoms with van der Waals surface area (Å²) in [6, 6.07) is 8.88. The van der Waals surface area contributed by atoms with E-state index in [1.165, 1.54) is 18.2 Å². The Bertz CT molecular complexity index is 1030. The number of hydrogen-bond donors (Lipinski definition) is 2. The molecule has 0 atom stereocenters. The molecule has 0 aliphatic carbocycles. The van der Waals surface area contributed by atoms with Gasteiger partial charge in [-0.25, -0.2) is 4.79 Å². The first-order valence-corrected chi connectivity index (χ1v) is 8.21. The Hall–Kier alpha value is -3.30. The molecule has 0 unspecified atom stereocenters. The molecule has 152 valence electrons. The van der Waals surface area contributed by atoms with Crippen molar-refractivity contribution in [2.24, 2.45) is 0 Å². The molecular formula is C19H13F6N3O. The maximum Gasteiger partial charge on any atom is 0.433 e. The summed E-state index contributed by atoms with van der Waals surface area (Å²) >= 11 is 0. The number of benzene rings is 2. The van der Waals surface area contributed by atoms with Crippen LogP contribution in [0, 0.1) is 0 Å². The van der Waals surface area contributed by atoms with Crippen LogP contribution >= 0.6 is 0 Å². The molecule has 4 nitrogen and oxygen atoms in total. The van der Waals surface area contributed by atoms with Crippen LogP contribution < -0.4 is 10.6 Å². The number of carbonyl (C=O) groups is 1. The number of pyridine rings is 1. The average molecular weight is 413 g/mol. The van der Waals surface area contributed by atoms with Crippen LogP contribution in [0.25, 0.3) is 10.8 Å². The van der Waals surface area contributed by atoms with Crippen molar-refractivity contribution in [3.63, 3.8) is 0 Å². The Morgan fingerprint density at radius 3 is 2.24 bits per heavy atom. The fourth-order valence-corrected chi connectivity index (χ4v) is 2.59. The second-order valence-corrected chi connectivity index (χ2v) is 6.10. The molecule has 0 aliphatic heterocycles. The number of carbonyl (C=O) groups excluding carboxylic acids is 1. The molecular weight excluding hydrogens is 400 g/mol. The van der Waals surface area contributed by atoms with E-state index in [2.05, 4.69) is 15.6 Å². The number of urea groups is 1. The summed E-state index contributed by atoms with van der Waals surface area (Å²) in [5.41, 5.74) is -1.34. The van der Waals surface area contributed by atoms with E-state index in [0.29, 0.717) is 10.9 Å². The molecule has 0 radical (unpaired) electrons. The van der Waals surface area contributed by atoms with Gasteiger partial charge in [0.25, 0.3) is 0 Å². The highest BCUT2D eigenvalue weighted by Crippen LogP contribution is 2.32. The molecule has 29 heavy (non-hydrogen) atoms. The van der Waals surface area contributed by atoms with Crippen LogP contribution in [0.3, 0.4) is 0 Å². The Morgan fingerprint density at radius 2 is 1.62 bits per heavy atom. The van der Waals surface area contributed by atoms with Crippen molar-refractivity contribution in [2.75, 3.05) is 5.32 Å². The van der Waals surface area contributed by atoms with Gasteiger partial charge in [-0.1, -0.05) is 24.3 Å². The Morgan fingerprint density at radius 1 is 0.931 bits per heavy atom. The fraction of sp³-hybridized carbons (Fsp3) is 0.158. The van der Waals surface area contributed by atoms with E-state index in [4.69, 9.17) is 0 Å². The smallest absolute Gasteiger partial charge is 0.334 e. The van der Waals surface area contributed by atoms with Gasteiger partial charge in [-0.3, -0.25) is 4.98 Å². The van der Waals surface area contributed by atoms with E-state index in [1.807, 2.05) is 0 Å². The van der Waals surface area contributed by atoms with E-state index in [1.54, 1.807) is 12.1 Å². The highest BCUT2D eigenvalue weighted by Gasteiger charge is 2.32. The molecule has 10 heteroatoms. The van der Waals surface area contributed by atoms with Gasteiger partial charge in [0.1, 0.15) is 5.69 Å². The number of amides is 2. The first kappa shape index (κ1) is 20.4. The van der Waals surface area contributed by atoms with E-state index < -0.39 is 29.6 Å². The van der Waals surface area contributed by atoms with Crippen LogP contribution in [-0.4, -0.2) is 11.0 Å². The first-order valence-electron chi connectivity index (χ1n) is 8.21. The van der Waals surface area contributed by atoms with Gasteiger partial charge in [0.05, 0.1) is 11.3 Å². The van der Waals surface area contributed by atoms with E-state index >= 15 is 0 Å². The minimum atomic E-state index is -4.63. The molecule has 0 fully saturated rings. The Labute approximate surface area is 160 Å². The maximum absolute atomic E-state index is 12.9. The molecule has 1 heterocycles. The van der Waals surface area contributed by atoms with Crippen molar-refractivity contribution in [2.45, 2.75) is 18.9 Å². The molecule has 0 spiro atoms. The topological polar surface area (TPSA) is 54.0 Å². The third-order valence-electron chi connectivity index (χ3n) is 4.04. The third kappa shape index (κ3) is 4.95. The largest absolute Gasteiger partial charge is 0.433 e. The van der Waals surface area contributed by atoms with Crippen molar-refractivity contribution < 1.29 is 31.1 Å². The minimum absolute atomic E-state index is 0.0654. The highest BCUT2D eigenvalue weighted by molar-refractivity contribution is 6.01. The predicted molar refractivity (Wildman–Crippen MR) is 94.0 cm³/mol. The summed E-state index contributed by atoms with van der Waals surface area (Å²) < 4.78 is 76.3. The maximum atomic E-state index is 12.9. The average Bonchev–Trinajstić information content (AvgIpc) is 2.65. The molecule has 3 aromatic rings. The van der Waals surface area contributed by atoms with Gasteiger partial charge in [-0.2, -0.15) is 26.3 Å². The third-order valence-corrected chi connectivity index (χ3v) is 4.04. The normalized spacial score (nSPS) is 12.1. The number of nitrogens with one attached hydrogen (secondary N) is 2. The zero-order valence-electron chi connectivity index (χ0n) is 14.5. The summed E-state index contributed by atoms with van der Waals surface area (Å²) in [6.45, 7) is -0.0654. The summed E-state index contributed by atoms with van der Waals surface area (Å²) in [6.07, 6.45) is -8.03. The molecule has 0 aliphatic rings. The Kier molecular flexibility index (Phi) is 5.36. The molecule has 1 aromatic heterocycles. The molecule has 2 N–H and O–H groups in total. The number of aromatic nitrogens is 1. The van der Waals surface area contributed by atoms with Gasteiger partial charge in [0.2, 0.25) is 0 Å². The van der Waals surface area contributed by atoms with Crippen molar-refractivity contribution in [3.05, 3.63) is 71.5 Å². The number of nitrogens with zero attached hydrogens (tertiary/aromatic N) is 1.